The van der Waals surface area contributed by atoms with Gasteiger partial charge in [0.25, 0.3) is 5.91 Å². The van der Waals surface area contributed by atoms with E-state index in [2.05, 4.69) is 17.4 Å². The van der Waals surface area contributed by atoms with Gasteiger partial charge in [-0.25, -0.2) is 0 Å². The molecular weight excluding hydrogens is 274 g/mol. The van der Waals surface area contributed by atoms with Crippen LogP contribution in [-0.2, 0) is 12.8 Å². The van der Waals surface area contributed by atoms with Crippen LogP contribution in [0, 0.1) is 0 Å². The highest BCUT2D eigenvalue weighted by molar-refractivity contribution is 6.31. The van der Waals surface area contributed by atoms with Gasteiger partial charge in [-0.1, -0.05) is 35.9 Å². The first-order chi connectivity index (χ1) is 9.63. The molecule has 2 N–H and O–H groups in total. The summed E-state index contributed by atoms with van der Waals surface area (Å²) >= 11 is 5.86. The topological polar surface area (TPSA) is 49.3 Å². The Kier molecular flexibility index (Phi) is 3.36. The van der Waals surface area contributed by atoms with Crippen molar-refractivity contribution in [2.45, 2.75) is 18.9 Å². The van der Waals surface area contributed by atoms with E-state index in [-0.39, 0.29) is 23.3 Å². The van der Waals surface area contributed by atoms with Gasteiger partial charge in [0.05, 0.1) is 5.56 Å². The molecule has 4 heteroatoms. The van der Waals surface area contributed by atoms with Crippen molar-refractivity contribution < 1.29 is 9.90 Å². The Hall–Kier alpha value is -2.00. The lowest BCUT2D eigenvalue weighted by atomic mass is 10.1. The molecule has 1 amide bonds. The number of halogens is 1. The quantitative estimate of drug-likeness (QED) is 0.892. The van der Waals surface area contributed by atoms with Crippen molar-refractivity contribution >= 4 is 17.5 Å². The normalized spacial score (nSPS) is 14.1. The summed E-state index contributed by atoms with van der Waals surface area (Å²) < 4.78 is 0. The van der Waals surface area contributed by atoms with E-state index in [1.54, 1.807) is 6.07 Å². The number of rotatable bonds is 2. The second-order valence-corrected chi connectivity index (χ2v) is 5.45. The van der Waals surface area contributed by atoms with Crippen molar-refractivity contribution in [3.8, 4) is 5.75 Å². The molecule has 0 aromatic heterocycles. The van der Waals surface area contributed by atoms with Crippen LogP contribution in [0.25, 0.3) is 0 Å². The minimum Gasteiger partial charge on any atom is -0.507 e. The van der Waals surface area contributed by atoms with Crippen molar-refractivity contribution in [2.24, 2.45) is 0 Å². The molecule has 20 heavy (non-hydrogen) atoms. The molecule has 2 aromatic rings. The number of fused-ring (bicyclic) bond motifs is 1. The molecule has 0 fully saturated rings. The van der Waals surface area contributed by atoms with Crippen molar-refractivity contribution in [1.82, 2.24) is 5.32 Å². The van der Waals surface area contributed by atoms with Crippen LogP contribution in [0.1, 0.15) is 21.5 Å². The van der Waals surface area contributed by atoms with E-state index in [0.717, 1.165) is 12.8 Å². The van der Waals surface area contributed by atoms with Crippen LogP contribution in [-0.4, -0.2) is 17.1 Å². The number of hydrogen-bond donors (Lipinski definition) is 2. The average Bonchev–Trinajstić information content (AvgIpc) is 2.83. The van der Waals surface area contributed by atoms with E-state index < -0.39 is 0 Å². The van der Waals surface area contributed by atoms with Crippen molar-refractivity contribution in [3.05, 3.63) is 64.2 Å². The second-order valence-electron chi connectivity index (χ2n) is 5.01. The maximum absolute atomic E-state index is 12.2. The van der Waals surface area contributed by atoms with Gasteiger partial charge in [-0.15, -0.1) is 0 Å². The third-order valence-electron chi connectivity index (χ3n) is 3.59. The number of phenols is 1. The van der Waals surface area contributed by atoms with Gasteiger partial charge in [-0.2, -0.15) is 0 Å². The first-order valence-corrected chi connectivity index (χ1v) is 6.87. The smallest absolute Gasteiger partial charge is 0.255 e. The van der Waals surface area contributed by atoms with E-state index in [1.807, 2.05) is 12.1 Å². The molecular formula is C16H14ClNO2. The summed E-state index contributed by atoms with van der Waals surface area (Å²) in [5.74, 6) is -0.342. The van der Waals surface area contributed by atoms with Crippen LogP contribution in [0.4, 0.5) is 0 Å². The minimum atomic E-state index is -0.289. The number of benzene rings is 2. The van der Waals surface area contributed by atoms with Gasteiger partial charge >= 0.3 is 0 Å². The van der Waals surface area contributed by atoms with Crippen LogP contribution >= 0.6 is 11.6 Å². The number of amides is 1. The molecule has 0 spiro atoms. The lowest BCUT2D eigenvalue weighted by Crippen LogP contribution is -2.35. The van der Waals surface area contributed by atoms with Crippen LogP contribution in [0.3, 0.4) is 0 Å². The fraction of sp³-hybridized carbons (Fsp3) is 0.188. The molecule has 0 radical (unpaired) electrons. The lowest BCUT2D eigenvalue weighted by Gasteiger charge is -2.13. The van der Waals surface area contributed by atoms with Gasteiger partial charge < -0.3 is 10.4 Å². The summed E-state index contributed by atoms with van der Waals surface area (Å²) in [7, 11) is 0. The number of aromatic hydroxyl groups is 1. The Bertz CT molecular complexity index is 644. The summed E-state index contributed by atoms with van der Waals surface area (Å²) in [6, 6.07) is 12.7. The molecule has 1 aliphatic carbocycles. The summed E-state index contributed by atoms with van der Waals surface area (Å²) in [6.07, 6.45) is 1.65. The number of nitrogens with one attached hydrogen (secondary N) is 1. The first kappa shape index (κ1) is 13.0. The van der Waals surface area contributed by atoms with Crippen LogP contribution in [0.15, 0.2) is 42.5 Å². The van der Waals surface area contributed by atoms with E-state index in [9.17, 15) is 9.90 Å². The molecule has 102 valence electrons. The predicted octanol–water partition coefficient (Wildman–Crippen LogP) is 2.94. The number of phenolic OH excluding ortho intramolecular Hbond substituents is 1. The van der Waals surface area contributed by atoms with E-state index in [0.29, 0.717) is 5.02 Å². The summed E-state index contributed by atoms with van der Waals surface area (Å²) in [5, 5.41) is 13.1. The molecule has 0 bridgehead atoms. The SMILES string of the molecule is O=C(NC1Cc2ccccc2C1)c1cc(Cl)ccc1O. The number of hydrogen-bond acceptors (Lipinski definition) is 2. The summed E-state index contributed by atoms with van der Waals surface area (Å²) in [4.78, 5) is 12.2. The third kappa shape index (κ3) is 2.49. The lowest BCUT2D eigenvalue weighted by molar-refractivity contribution is 0.0936. The maximum Gasteiger partial charge on any atom is 0.255 e. The molecule has 3 rings (SSSR count). The van der Waals surface area contributed by atoms with E-state index in [4.69, 9.17) is 11.6 Å². The molecule has 3 nitrogen and oxygen atoms in total. The third-order valence-corrected chi connectivity index (χ3v) is 3.82. The highest BCUT2D eigenvalue weighted by Gasteiger charge is 2.23. The first-order valence-electron chi connectivity index (χ1n) is 6.49. The van der Waals surface area contributed by atoms with Crippen LogP contribution < -0.4 is 5.32 Å². The Labute approximate surface area is 122 Å². The molecule has 1 aliphatic rings. The molecule has 0 unspecified atom stereocenters. The maximum atomic E-state index is 12.2. The van der Waals surface area contributed by atoms with Gasteiger partial charge in [-0.3, -0.25) is 4.79 Å². The van der Waals surface area contributed by atoms with Crippen molar-refractivity contribution in [3.63, 3.8) is 0 Å². The van der Waals surface area contributed by atoms with Crippen molar-refractivity contribution in [1.29, 1.82) is 0 Å². The largest absolute Gasteiger partial charge is 0.507 e. The molecule has 0 saturated carbocycles. The monoisotopic (exact) mass is 287 g/mol. The highest BCUT2D eigenvalue weighted by atomic mass is 35.5. The van der Waals surface area contributed by atoms with Crippen molar-refractivity contribution in [2.75, 3.05) is 0 Å². The van der Waals surface area contributed by atoms with Gasteiger partial charge in [0.2, 0.25) is 0 Å². The average molecular weight is 288 g/mol. The zero-order valence-corrected chi connectivity index (χ0v) is 11.5. The summed E-state index contributed by atoms with van der Waals surface area (Å²) in [5.41, 5.74) is 2.76. The molecule has 2 aromatic carbocycles. The Morgan fingerprint density at radius 2 is 1.80 bits per heavy atom. The van der Waals surface area contributed by atoms with E-state index in [1.165, 1.54) is 23.3 Å². The van der Waals surface area contributed by atoms with Gasteiger partial charge in [-0.05, 0) is 42.2 Å². The van der Waals surface area contributed by atoms with Crippen LogP contribution in [0.2, 0.25) is 5.02 Å². The fourth-order valence-electron chi connectivity index (χ4n) is 2.61. The zero-order valence-electron chi connectivity index (χ0n) is 10.8. The Morgan fingerprint density at radius 1 is 1.15 bits per heavy atom. The fourth-order valence-corrected chi connectivity index (χ4v) is 2.79. The molecule has 0 saturated heterocycles. The zero-order chi connectivity index (χ0) is 14.1. The molecule has 0 heterocycles. The Balaban J connectivity index is 1.74. The number of carbonyl (C=O) groups excluding carboxylic acids is 1. The van der Waals surface area contributed by atoms with E-state index >= 15 is 0 Å². The highest BCUT2D eigenvalue weighted by Crippen LogP contribution is 2.24. The van der Waals surface area contributed by atoms with Gasteiger partial charge in [0.1, 0.15) is 5.75 Å². The minimum absolute atomic E-state index is 0.0533. The summed E-state index contributed by atoms with van der Waals surface area (Å²) in [6.45, 7) is 0. The number of carbonyl (C=O) groups is 1. The molecule has 0 aliphatic heterocycles. The van der Waals surface area contributed by atoms with Crippen LogP contribution in [0.5, 0.6) is 5.75 Å². The van der Waals surface area contributed by atoms with Gasteiger partial charge in [0.15, 0.2) is 0 Å². The molecule has 0 atom stereocenters. The predicted molar refractivity (Wildman–Crippen MR) is 78.2 cm³/mol. The Morgan fingerprint density at radius 3 is 2.45 bits per heavy atom. The second kappa shape index (κ2) is 5.17. The van der Waals surface area contributed by atoms with Gasteiger partial charge in [0, 0.05) is 11.1 Å². The standard InChI is InChI=1S/C16H14ClNO2/c17-12-5-6-15(19)14(9-12)16(20)18-13-7-10-3-1-2-4-11(10)8-13/h1-6,9,13,19H,7-8H2,(H,18,20).